The summed E-state index contributed by atoms with van der Waals surface area (Å²) in [6.45, 7) is 1.65. The highest BCUT2D eigenvalue weighted by atomic mass is 16.1. The molecule has 0 aromatic heterocycles. The van der Waals surface area contributed by atoms with Crippen molar-refractivity contribution in [2.45, 2.75) is 13.3 Å². The van der Waals surface area contributed by atoms with Crippen LogP contribution < -0.4 is 0 Å². The summed E-state index contributed by atoms with van der Waals surface area (Å²) in [6.07, 6.45) is 2.70. The Kier molecular flexibility index (Phi) is 3.19. The zero-order valence-electron chi connectivity index (χ0n) is 4.18. The maximum Gasteiger partial charge on any atom is 0.201 e. The van der Waals surface area contributed by atoms with Crippen LogP contribution in [0, 0.1) is 5.92 Å². The fourth-order valence-corrected chi connectivity index (χ4v) is 0.192. The molecule has 0 fully saturated rings. The molecule has 0 aliphatic rings. The van der Waals surface area contributed by atoms with E-state index in [0.717, 1.165) is 6.29 Å². The smallest absolute Gasteiger partial charge is 0.201 e. The molecule has 0 aromatic rings. The number of rotatable bonds is 3. The Bertz CT molecular complexity index is 68.5. The van der Waals surface area contributed by atoms with E-state index < -0.39 is 0 Å². The van der Waals surface area contributed by atoms with Crippen LogP contribution in [-0.4, -0.2) is 12.6 Å². The van der Waals surface area contributed by atoms with E-state index in [0.29, 0.717) is 6.42 Å². The largest absolute Gasteiger partial charge is 0.303 e. The molecule has 2 nitrogen and oxygen atoms in total. The fraction of sp³-hybridized carbons (Fsp3) is 0.600. The second-order valence-electron chi connectivity index (χ2n) is 1.42. The molecule has 0 spiro atoms. The van der Waals surface area contributed by atoms with E-state index in [9.17, 15) is 9.59 Å². The van der Waals surface area contributed by atoms with Gasteiger partial charge in [0.1, 0.15) is 6.29 Å². The maximum absolute atomic E-state index is 9.61. The Morgan fingerprint density at radius 1 is 1.86 bits per heavy atom. The lowest BCUT2D eigenvalue weighted by Gasteiger charge is -1.87. The highest BCUT2D eigenvalue weighted by Gasteiger charge is 1.95. The van der Waals surface area contributed by atoms with Crippen LogP contribution in [-0.2, 0) is 9.59 Å². The Morgan fingerprint density at radius 2 is 2.43 bits per heavy atom. The molecule has 0 rings (SSSR count). The molecule has 0 aliphatic carbocycles. The minimum absolute atomic E-state index is 0.225. The normalized spacial score (nSPS) is 12.7. The van der Waals surface area contributed by atoms with E-state index in [-0.39, 0.29) is 5.92 Å². The Balaban J connectivity index is 3.15. The first kappa shape index (κ1) is 6.34. The van der Waals surface area contributed by atoms with E-state index in [1.54, 1.807) is 13.2 Å². The average molecular weight is 99.1 g/mol. The summed E-state index contributed by atoms with van der Waals surface area (Å²) in [5.41, 5.74) is 0. The van der Waals surface area contributed by atoms with Gasteiger partial charge in [-0.2, -0.15) is 0 Å². The molecule has 0 amide bonds. The van der Waals surface area contributed by atoms with Crippen molar-refractivity contribution < 1.29 is 9.59 Å². The molecule has 0 N–H and O–H groups in total. The Hall–Kier alpha value is -0.660. The SMILES string of the molecule is CC([C]=O)CC=O. The molecule has 0 aliphatic heterocycles. The van der Waals surface area contributed by atoms with Gasteiger partial charge in [-0.3, -0.25) is 4.79 Å². The molecular formula is C5H7O2. The van der Waals surface area contributed by atoms with Crippen LogP contribution in [0.1, 0.15) is 13.3 Å². The highest BCUT2D eigenvalue weighted by molar-refractivity contribution is 5.61. The molecule has 0 bridgehead atoms. The van der Waals surface area contributed by atoms with Crippen molar-refractivity contribution in [3.8, 4) is 0 Å². The quantitative estimate of drug-likeness (QED) is 0.477. The second kappa shape index (κ2) is 3.53. The molecule has 2 heteroatoms. The molecule has 0 saturated heterocycles. The standard InChI is InChI=1S/C5H7O2/c1-5(4-7)2-3-6/h3,5H,2H2,1H3. The third kappa shape index (κ3) is 3.16. The van der Waals surface area contributed by atoms with Crippen LogP contribution in [0.15, 0.2) is 0 Å². The lowest BCUT2D eigenvalue weighted by atomic mass is 10.1. The first-order chi connectivity index (χ1) is 3.31. The van der Waals surface area contributed by atoms with E-state index in [1.807, 2.05) is 0 Å². The lowest BCUT2D eigenvalue weighted by Crippen LogP contribution is -1.94. The molecule has 7 heavy (non-hydrogen) atoms. The predicted octanol–water partition coefficient (Wildman–Crippen LogP) is 0.321. The highest BCUT2D eigenvalue weighted by Crippen LogP contribution is 1.90. The van der Waals surface area contributed by atoms with Gasteiger partial charge in [-0.15, -0.1) is 0 Å². The number of hydrogen-bond donors (Lipinski definition) is 0. The van der Waals surface area contributed by atoms with Crippen LogP contribution in [0.5, 0.6) is 0 Å². The zero-order valence-corrected chi connectivity index (χ0v) is 4.18. The Morgan fingerprint density at radius 3 is 2.57 bits per heavy atom. The molecule has 0 aromatic carbocycles. The van der Waals surface area contributed by atoms with Crippen LogP contribution in [0.3, 0.4) is 0 Å². The average Bonchev–Trinajstić information content (AvgIpc) is 1.68. The third-order valence-corrected chi connectivity index (χ3v) is 0.651. The van der Waals surface area contributed by atoms with Gasteiger partial charge in [-0.25, -0.2) is 0 Å². The minimum Gasteiger partial charge on any atom is -0.303 e. The summed E-state index contributed by atoms with van der Waals surface area (Å²) >= 11 is 0. The molecular weight excluding hydrogens is 92.1 g/mol. The third-order valence-electron chi connectivity index (χ3n) is 0.651. The van der Waals surface area contributed by atoms with Crippen molar-refractivity contribution in [3.05, 3.63) is 0 Å². The van der Waals surface area contributed by atoms with E-state index in [1.165, 1.54) is 0 Å². The molecule has 1 unspecified atom stereocenters. The van der Waals surface area contributed by atoms with Gasteiger partial charge in [-0.05, 0) is 0 Å². The summed E-state index contributed by atoms with van der Waals surface area (Å²) in [5.74, 6) is -0.225. The molecule has 0 saturated carbocycles. The van der Waals surface area contributed by atoms with Crippen LogP contribution >= 0.6 is 0 Å². The maximum atomic E-state index is 9.61. The molecule has 0 heterocycles. The fourth-order valence-electron chi connectivity index (χ4n) is 0.192. The van der Waals surface area contributed by atoms with Gasteiger partial charge in [0.05, 0.1) is 0 Å². The minimum atomic E-state index is -0.225. The van der Waals surface area contributed by atoms with E-state index in [4.69, 9.17) is 0 Å². The van der Waals surface area contributed by atoms with Gasteiger partial charge in [0.15, 0.2) is 0 Å². The number of hydrogen-bond acceptors (Lipinski definition) is 2. The number of aldehydes is 1. The predicted molar refractivity (Wildman–Crippen MR) is 25.5 cm³/mol. The topological polar surface area (TPSA) is 34.1 Å². The Labute approximate surface area is 42.5 Å². The summed E-state index contributed by atoms with van der Waals surface area (Å²) in [4.78, 5) is 19.2. The van der Waals surface area contributed by atoms with Crippen molar-refractivity contribution >= 4 is 12.6 Å². The first-order valence-electron chi connectivity index (χ1n) is 2.12. The van der Waals surface area contributed by atoms with Crippen LogP contribution in [0.4, 0.5) is 0 Å². The lowest BCUT2D eigenvalue weighted by molar-refractivity contribution is -0.108. The van der Waals surface area contributed by atoms with Crippen molar-refractivity contribution in [1.82, 2.24) is 0 Å². The second-order valence-corrected chi connectivity index (χ2v) is 1.42. The van der Waals surface area contributed by atoms with Crippen LogP contribution in [0.25, 0.3) is 0 Å². The summed E-state index contributed by atoms with van der Waals surface area (Å²) < 4.78 is 0. The summed E-state index contributed by atoms with van der Waals surface area (Å²) in [6, 6.07) is 0. The van der Waals surface area contributed by atoms with Gasteiger partial charge in [-0.1, -0.05) is 6.92 Å². The van der Waals surface area contributed by atoms with Crippen LogP contribution in [0.2, 0.25) is 0 Å². The number of carbonyl (C=O) groups is 1. The van der Waals surface area contributed by atoms with Gasteiger partial charge < -0.3 is 4.79 Å². The first-order valence-corrected chi connectivity index (χ1v) is 2.12. The van der Waals surface area contributed by atoms with Crippen molar-refractivity contribution in [2.75, 3.05) is 0 Å². The van der Waals surface area contributed by atoms with Gasteiger partial charge in [0.25, 0.3) is 0 Å². The van der Waals surface area contributed by atoms with Crippen molar-refractivity contribution in [1.29, 1.82) is 0 Å². The van der Waals surface area contributed by atoms with Gasteiger partial charge in [0.2, 0.25) is 6.29 Å². The molecule has 39 valence electrons. The summed E-state index contributed by atoms with van der Waals surface area (Å²) in [5, 5.41) is 0. The van der Waals surface area contributed by atoms with Crippen molar-refractivity contribution in [3.63, 3.8) is 0 Å². The zero-order chi connectivity index (χ0) is 5.70. The summed E-state index contributed by atoms with van der Waals surface area (Å²) in [7, 11) is 0. The van der Waals surface area contributed by atoms with Gasteiger partial charge in [0, 0.05) is 12.3 Å². The molecule has 1 atom stereocenters. The van der Waals surface area contributed by atoms with E-state index >= 15 is 0 Å². The monoisotopic (exact) mass is 99.0 g/mol. The molecule has 1 radical (unpaired) electrons. The van der Waals surface area contributed by atoms with Crippen molar-refractivity contribution in [2.24, 2.45) is 5.92 Å². The van der Waals surface area contributed by atoms with E-state index in [2.05, 4.69) is 0 Å². The van der Waals surface area contributed by atoms with Gasteiger partial charge >= 0.3 is 0 Å². The number of carbonyl (C=O) groups excluding carboxylic acids is 2.